The van der Waals surface area contributed by atoms with Crippen molar-refractivity contribution in [2.24, 2.45) is 15.9 Å². The Balaban J connectivity index is 2.88. The Morgan fingerprint density at radius 1 is 1.89 bits per heavy atom. The number of carbonyl (C=O) groups excluding carboxylic acids is 1. The molecule has 0 fully saturated rings. The average molecular weight is 126 g/mol. The lowest BCUT2D eigenvalue weighted by Crippen LogP contribution is -2.41. The molecule has 9 heavy (non-hydrogen) atoms. The van der Waals surface area contributed by atoms with Gasteiger partial charge in [-0.2, -0.15) is 0 Å². The number of quaternary nitrogens is 1. The summed E-state index contributed by atoms with van der Waals surface area (Å²) in [6, 6.07) is -0.615. The van der Waals surface area contributed by atoms with E-state index in [1.54, 1.807) is 0 Å². The summed E-state index contributed by atoms with van der Waals surface area (Å²) in [6.45, 7) is 0. The number of urea groups is 1. The van der Waals surface area contributed by atoms with Gasteiger partial charge in [-0.1, -0.05) is 0 Å². The van der Waals surface area contributed by atoms with Crippen LogP contribution < -0.4 is 5.73 Å². The van der Waals surface area contributed by atoms with Crippen LogP contribution in [0.3, 0.4) is 0 Å². The fourth-order valence-electron chi connectivity index (χ4n) is 0.408. The van der Waals surface area contributed by atoms with Crippen LogP contribution in [-0.2, 0) is 0 Å². The highest BCUT2D eigenvalue weighted by molar-refractivity contribution is 6.16. The molecule has 1 rings (SSSR count). The van der Waals surface area contributed by atoms with Gasteiger partial charge >= 0.3 is 6.03 Å². The van der Waals surface area contributed by atoms with E-state index in [0.29, 0.717) is 0 Å². The summed E-state index contributed by atoms with van der Waals surface area (Å²) in [5.74, 6) is 0. The van der Waals surface area contributed by atoms with Crippen LogP contribution in [0.25, 0.3) is 0 Å². The van der Waals surface area contributed by atoms with Gasteiger partial charge in [0.2, 0.25) is 0 Å². The van der Waals surface area contributed by atoms with Gasteiger partial charge in [-0.25, -0.2) is 4.79 Å². The average Bonchev–Trinajstić information content (AvgIpc) is 2.16. The highest BCUT2D eigenvalue weighted by atomic mass is 16.2. The van der Waals surface area contributed by atoms with Crippen LogP contribution in [0.15, 0.2) is 10.2 Å². The minimum absolute atomic E-state index is 0.472. The number of primary amides is 1. The molecule has 5 heteroatoms. The number of nitrogens with two attached hydrogens (primary N) is 1. The molecule has 1 unspecified atom stereocenters. The van der Waals surface area contributed by atoms with E-state index in [-0.39, 0.29) is 0 Å². The fraction of sp³-hybridized carbons (Fsp3) is 0.250. The van der Waals surface area contributed by atoms with Gasteiger partial charge in [0.15, 0.2) is 6.21 Å². The molecule has 0 aromatic heterocycles. The molecule has 0 aromatic rings. The predicted octanol–water partition coefficient (Wildman–Crippen LogP) is -0.626. The van der Waals surface area contributed by atoms with Crippen LogP contribution in [0.1, 0.15) is 0 Å². The van der Waals surface area contributed by atoms with E-state index in [2.05, 4.69) is 16.4 Å². The first-order chi connectivity index (χ1) is 4.15. The van der Waals surface area contributed by atoms with Crippen LogP contribution >= 0.6 is 0 Å². The minimum Gasteiger partial charge on any atom is -0.315 e. The number of carbonyl (C=O) groups is 1. The number of rotatable bonds is 0. The zero-order valence-corrected chi connectivity index (χ0v) is 4.90. The topological polar surface area (TPSA) is 67.8 Å². The van der Waals surface area contributed by atoms with E-state index in [9.17, 15) is 4.79 Å². The second-order valence-corrected chi connectivity index (χ2v) is 1.72. The van der Waals surface area contributed by atoms with Crippen LogP contribution in [0.2, 0.25) is 0 Å². The van der Waals surface area contributed by atoms with Crippen LogP contribution in [0, 0.1) is 0 Å². The zero-order chi connectivity index (χ0) is 6.91. The van der Waals surface area contributed by atoms with E-state index >= 15 is 0 Å². The van der Waals surface area contributed by atoms with Crippen molar-refractivity contribution in [3.63, 3.8) is 0 Å². The highest BCUT2D eigenvalue weighted by Gasteiger charge is 2.31. The lowest BCUT2D eigenvalue weighted by atomic mass is 10.9. The van der Waals surface area contributed by atoms with Crippen molar-refractivity contribution in [1.29, 1.82) is 0 Å². The number of hydrogen-bond donors (Lipinski definition) is 1. The molecule has 2 N–H and O–H groups in total. The Hall–Kier alpha value is -1.23. The lowest BCUT2D eigenvalue weighted by molar-refractivity contribution is -0.839. The SMILES string of the molecule is C[N+]1(C(N)=O)N=[C]C=N1. The Morgan fingerprint density at radius 3 is 2.78 bits per heavy atom. The van der Waals surface area contributed by atoms with Gasteiger partial charge in [0, 0.05) is 4.70 Å². The van der Waals surface area contributed by atoms with Gasteiger partial charge < -0.3 is 5.73 Å². The fourth-order valence-corrected chi connectivity index (χ4v) is 0.408. The molecular formula is C4H6N4O+. The normalized spacial score (nSPS) is 20.6. The first-order valence-electron chi connectivity index (χ1n) is 2.33. The Bertz CT molecular complexity index is 183. The third kappa shape index (κ3) is 0.812. The summed E-state index contributed by atoms with van der Waals surface area (Å²) in [5, 5.41) is 7.19. The zero-order valence-electron chi connectivity index (χ0n) is 4.90. The van der Waals surface area contributed by atoms with Crippen LogP contribution in [0.5, 0.6) is 0 Å². The minimum atomic E-state index is -0.615. The molecule has 1 heterocycles. The van der Waals surface area contributed by atoms with Crippen LogP contribution in [0.4, 0.5) is 4.79 Å². The third-order valence-electron chi connectivity index (χ3n) is 1.01. The number of amides is 2. The number of hydrogen-bond acceptors (Lipinski definition) is 3. The summed E-state index contributed by atoms with van der Waals surface area (Å²) in [6.07, 6.45) is 3.71. The van der Waals surface area contributed by atoms with Gasteiger partial charge in [0.25, 0.3) is 0 Å². The lowest BCUT2D eigenvalue weighted by Gasteiger charge is -2.09. The van der Waals surface area contributed by atoms with E-state index in [1.807, 2.05) is 0 Å². The maximum Gasteiger partial charge on any atom is 0.467 e. The molecule has 0 aliphatic carbocycles. The predicted molar refractivity (Wildman–Crippen MR) is 31.7 cm³/mol. The van der Waals surface area contributed by atoms with Crippen LogP contribution in [-0.4, -0.2) is 30.2 Å². The molecule has 47 valence electrons. The number of nitrogens with zero attached hydrogens (tertiary/aromatic N) is 3. The Kier molecular flexibility index (Phi) is 1.07. The summed E-state index contributed by atoms with van der Waals surface area (Å²) < 4.78 is -0.472. The quantitative estimate of drug-likeness (QED) is 0.431. The maximum atomic E-state index is 10.5. The smallest absolute Gasteiger partial charge is 0.315 e. The van der Waals surface area contributed by atoms with Crippen molar-refractivity contribution in [3.05, 3.63) is 0 Å². The van der Waals surface area contributed by atoms with Crippen molar-refractivity contribution in [2.75, 3.05) is 7.05 Å². The largest absolute Gasteiger partial charge is 0.467 e. The maximum absolute atomic E-state index is 10.5. The van der Waals surface area contributed by atoms with E-state index in [1.165, 1.54) is 13.3 Å². The van der Waals surface area contributed by atoms with Crippen molar-refractivity contribution >= 4 is 18.5 Å². The van der Waals surface area contributed by atoms with Gasteiger partial charge in [0.1, 0.15) is 13.3 Å². The first-order valence-corrected chi connectivity index (χ1v) is 2.33. The second kappa shape index (κ2) is 1.63. The monoisotopic (exact) mass is 126 g/mol. The molecule has 1 radical (unpaired) electrons. The summed E-state index contributed by atoms with van der Waals surface area (Å²) in [7, 11) is 1.47. The molecule has 0 saturated heterocycles. The van der Waals surface area contributed by atoms with Crippen molar-refractivity contribution in [3.8, 4) is 0 Å². The molecule has 1 atom stereocenters. The van der Waals surface area contributed by atoms with Gasteiger partial charge in [-0.05, 0) is 10.2 Å². The van der Waals surface area contributed by atoms with Crippen molar-refractivity contribution in [2.45, 2.75) is 0 Å². The Morgan fingerprint density at radius 2 is 2.56 bits per heavy atom. The van der Waals surface area contributed by atoms with E-state index in [0.717, 1.165) is 0 Å². The summed E-state index contributed by atoms with van der Waals surface area (Å²) in [4.78, 5) is 10.5. The molecule has 0 aromatic carbocycles. The van der Waals surface area contributed by atoms with Crippen molar-refractivity contribution in [1.82, 2.24) is 0 Å². The first kappa shape index (κ1) is 5.90. The Labute approximate surface area is 52.0 Å². The van der Waals surface area contributed by atoms with Gasteiger partial charge in [0.05, 0.1) is 0 Å². The van der Waals surface area contributed by atoms with Crippen molar-refractivity contribution < 1.29 is 9.50 Å². The standard InChI is InChI=1S/C4H5N4O/c1-8(4(5)9)6-2-3-7-8/h2H,1H3,(H-,5,9)/p+1. The molecule has 1 aliphatic heterocycles. The molecule has 0 bridgehead atoms. The third-order valence-corrected chi connectivity index (χ3v) is 1.01. The molecule has 0 spiro atoms. The van der Waals surface area contributed by atoms with E-state index in [4.69, 9.17) is 5.73 Å². The molecule has 1 aliphatic rings. The highest BCUT2D eigenvalue weighted by Crippen LogP contribution is 2.05. The molecule has 2 amide bonds. The summed E-state index contributed by atoms with van der Waals surface area (Å²) >= 11 is 0. The van der Waals surface area contributed by atoms with Gasteiger partial charge in [-0.15, -0.1) is 0 Å². The summed E-state index contributed by atoms with van der Waals surface area (Å²) in [5.41, 5.74) is 4.92. The van der Waals surface area contributed by atoms with E-state index < -0.39 is 10.7 Å². The molecule has 5 nitrogen and oxygen atoms in total. The molecule has 0 saturated carbocycles. The molecular weight excluding hydrogens is 120 g/mol. The second-order valence-electron chi connectivity index (χ2n) is 1.72. The van der Waals surface area contributed by atoms with Gasteiger partial charge in [-0.3, -0.25) is 0 Å².